The van der Waals surface area contributed by atoms with Crippen molar-refractivity contribution in [1.82, 2.24) is 10.9 Å². The highest BCUT2D eigenvalue weighted by Gasteiger charge is 2.14. The topological polar surface area (TPSA) is 50.4 Å². The number of hydrogen-bond acceptors (Lipinski definition) is 3. The molecule has 0 aliphatic carbocycles. The number of amides is 1. The van der Waals surface area contributed by atoms with E-state index >= 15 is 0 Å². The first-order chi connectivity index (χ1) is 6.33. The molecule has 1 aliphatic rings. The summed E-state index contributed by atoms with van der Waals surface area (Å²) in [6, 6.07) is 0. The third-order valence-corrected chi connectivity index (χ3v) is 2.38. The Hall–Kier alpha value is -0.610. The Labute approximate surface area is 79.0 Å². The fourth-order valence-electron chi connectivity index (χ4n) is 1.57. The third-order valence-electron chi connectivity index (χ3n) is 2.38. The Morgan fingerprint density at radius 2 is 2.15 bits per heavy atom. The van der Waals surface area contributed by atoms with Crippen molar-refractivity contribution in [2.24, 2.45) is 5.92 Å². The molecule has 1 rings (SSSR count). The van der Waals surface area contributed by atoms with Crippen LogP contribution in [-0.2, 0) is 9.53 Å². The van der Waals surface area contributed by atoms with Gasteiger partial charge < -0.3 is 4.74 Å². The molecule has 0 saturated carbocycles. The maximum atomic E-state index is 11.1. The fraction of sp³-hybridized carbons (Fsp3) is 0.889. The van der Waals surface area contributed by atoms with E-state index in [0.717, 1.165) is 32.5 Å². The summed E-state index contributed by atoms with van der Waals surface area (Å²) in [5, 5.41) is 0. The number of carbonyl (C=O) groups excluding carboxylic acids is 1. The normalized spacial score (nSPS) is 18.5. The van der Waals surface area contributed by atoms with E-state index < -0.39 is 0 Å². The van der Waals surface area contributed by atoms with Crippen molar-refractivity contribution < 1.29 is 9.53 Å². The van der Waals surface area contributed by atoms with E-state index in [9.17, 15) is 4.79 Å². The molecule has 0 radical (unpaired) electrons. The van der Waals surface area contributed by atoms with Crippen molar-refractivity contribution in [1.29, 1.82) is 0 Å². The summed E-state index contributed by atoms with van der Waals surface area (Å²) in [6.45, 7) is 1.72. The quantitative estimate of drug-likeness (QED) is 0.626. The minimum atomic E-state index is 0.0778. The Bertz CT molecular complexity index is 156. The second-order valence-corrected chi connectivity index (χ2v) is 3.39. The molecule has 0 bridgehead atoms. The molecule has 76 valence electrons. The standard InChI is InChI=1S/C9H18N2O2/c1-10-11-9(12)3-2-8-4-6-13-7-5-8/h8,10H,2-7H2,1H3,(H,11,12). The van der Waals surface area contributed by atoms with E-state index in [2.05, 4.69) is 10.9 Å². The van der Waals surface area contributed by atoms with Gasteiger partial charge in [-0.2, -0.15) is 0 Å². The zero-order chi connectivity index (χ0) is 9.52. The van der Waals surface area contributed by atoms with Gasteiger partial charge in [0.1, 0.15) is 0 Å². The van der Waals surface area contributed by atoms with Crippen LogP contribution >= 0.6 is 0 Å². The summed E-state index contributed by atoms with van der Waals surface area (Å²) in [7, 11) is 1.70. The molecule has 1 amide bonds. The molecule has 1 aliphatic heterocycles. The van der Waals surface area contributed by atoms with Crippen molar-refractivity contribution >= 4 is 5.91 Å². The second-order valence-electron chi connectivity index (χ2n) is 3.39. The van der Waals surface area contributed by atoms with Crippen molar-refractivity contribution in [2.45, 2.75) is 25.7 Å². The Kier molecular flexibility index (Phi) is 4.78. The maximum absolute atomic E-state index is 11.1. The van der Waals surface area contributed by atoms with E-state index in [4.69, 9.17) is 4.74 Å². The van der Waals surface area contributed by atoms with E-state index in [1.807, 2.05) is 0 Å². The Balaban J connectivity index is 2.06. The summed E-state index contributed by atoms with van der Waals surface area (Å²) in [6.07, 6.45) is 3.81. The molecule has 1 fully saturated rings. The molecule has 0 spiro atoms. The summed E-state index contributed by atoms with van der Waals surface area (Å²) in [5.41, 5.74) is 5.20. The highest BCUT2D eigenvalue weighted by Crippen LogP contribution is 2.19. The van der Waals surface area contributed by atoms with Gasteiger partial charge >= 0.3 is 0 Å². The zero-order valence-electron chi connectivity index (χ0n) is 8.14. The summed E-state index contributed by atoms with van der Waals surface area (Å²) in [4.78, 5) is 11.1. The van der Waals surface area contributed by atoms with E-state index in [-0.39, 0.29) is 5.91 Å². The van der Waals surface area contributed by atoms with Gasteiger partial charge in [0.2, 0.25) is 5.91 Å². The molecular formula is C9H18N2O2. The molecule has 0 aromatic heterocycles. The first-order valence-corrected chi connectivity index (χ1v) is 4.86. The third kappa shape index (κ3) is 4.24. The van der Waals surface area contributed by atoms with Gasteiger partial charge in [-0.1, -0.05) is 0 Å². The van der Waals surface area contributed by atoms with Crippen LogP contribution in [0.1, 0.15) is 25.7 Å². The van der Waals surface area contributed by atoms with Crippen LogP contribution in [0.3, 0.4) is 0 Å². The van der Waals surface area contributed by atoms with Gasteiger partial charge in [-0.05, 0) is 25.2 Å². The van der Waals surface area contributed by atoms with E-state index in [1.165, 1.54) is 0 Å². The average Bonchev–Trinajstić information content (AvgIpc) is 2.17. The predicted molar refractivity (Wildman–Crippen MR) is 50.0 cm³/mol. The number of rotatable bonds is 4. The molecule has 4 heteroatoms. The summed E-state index contributed by atoms with van der Waals surface area (Å²) >= 11 is 0. The highest BCUT2D eigenvalue weighted by atomic mass is 16.5. The maximum Gasteiger partial charge on any atom is 0.234 e. The SMILES string of the molecule is CNNC(=O)CCC1CCOCC1. The number of hydrogen-bond donors (Lipinski definition) is 2. The van der Waals surface area contributed by atoms with Crippen LogP contribution in [0.15, 0.2) is 0 Å². The molecule has 4 nitrogen and oxygen atoms in total. The molecule has 1 heterocycles. The smallest absolute Gasteiger partial charge is 0.234 e. The van der Waals surface area contributed by atoms with Crippen molar-refractivity contribution in [3.63, 3.8) is 0 Å². The lowest BCUT2D eigenvalue weighted by atomic mass is 9.95. The molecule has 0 aromatic rings. The van der Waals surface area contributed by atoms with Gasteiger partial charge in [-0.15, -0.1) is 0 Å². The Morgan fingerprint density at radius 3 is 2.77 bits per heavy atom. The first-order valence-electron chi connectivity index (χ1n) is 4.86. The fourth-order valence-corrected chi connectivity index (χ4v) is 1.57. The minimum Gasteiger partial charge on any atom is -0.381 e. The first kappa shape index (κ1) is 10.5. The van der Waals surface area contributed by atoms with Crippen molar-refractivity contribution in [3.05, 3.63) is 0 Å². The molecular weight excluding hydrogens is 168 g/mol. The van der Waals surface area contributed by atoms with E-state index in [0.29, 0.717) is 12.3 Å². The van der Waals surface area contributed by atoms with Crippen LogP contribution in [0.4, 0.5) is 0 Å². The van der Waals surface area contributed by atoms with Crippen molar-refractivity contribution in [2.75, 3.05) is 20.3 Å². The lowest BCUT2D eigenvalue weighted by Gasteiger charge is -2.21. The minimum absolute atomic E-state index is 0.0778. The van der Waals surface area contributed by atoms with Crippen LogP contribution in [0, 0.1) is 5.92 Å². The molecule has 0 atom stereocenters. The number of ether oxygens (including phenoxy) is 1. The van der Waals surface area contributed by atoms with Crippen LogP contribution in [-0.4, -0.2) is 26.2 Å². The largest absolute Gasteiger partial charge is 0.381 e. The van der Waals surface area contributed by atoms with Gasteiger partial charge in [0, 0.05) is 26.7 Å². The van der Waals surface area contributed by atoms with Crippen molar-refractivity contribution in [3.8, 4) is 0 Å². The zero-order valence-corrected chi connectivity index (χ0v) is 8.14. The summed E-state index contributed by atoms with van der Waals surface area (Å²) in [5.74, 6) is 0.755. The number of nitrogens with one attached hydrogen (secondary N) is 2. The van der Waals surface area contributed by atoms with Gasteiger partial charge in [-0.3, -0.25) is 10.2 Å². The monoisotopic (exact) mass is 186 g/mol. The molecule has 2 N–H and O–H groups in total. The molecule has 0 aromatic carbocycles. The van der Waals surface area contributed by atoms with Crippen LogP contribution in [0.5, 0.6) is 0 Å². The van der Waals surface area contributed by atoms with Crippen LogP contribution < -0.4 is 10.9 Å². The highest BCUT2D eigenvalue weighted by molar-refractivity contribution is 5.75. The predicted octanol–water partition coefficient (Wildman–Crippen LogP) is 0.444. The lowest BCUT2D eigenvalue weighted by molar-refractivity contribution is -0.122. The van der Waals surface area contributed by atoms with Crippen LogP contribution in [0.2, 0.25) is 0 Å². The number of hydrazine groups is 1. The van der Waals surface area contributed by atoms with Gasteiger partial charge in [0.15, 0.2) is 0 Å². The molecule has 0 unspecified atom stereocenters. The Morgan fingerprint density at radius 1 is 1.46 bits per heavy atom. The lowest BCUT2D eigenvalue weighted by Crippen LogP contribution is -2.34. The average molecular weight is 186 g/mol. The summed E-state index contributed by atoms with van der Waals surface area (Å²) < 4.78 is 5.24. The van der Waals surface area contributed by atoms with Gasteiger partial charge in [0.05, 0.1) is 0 Å². The van der Waals surface area contributed by atoms with Gasteiger partial charge in [0.25, 0.3) is 0 Å². The second kappa shape index (κ2) is 5.94. The van der Waals surface area contributed by atoms with Crippen LogP contribution in [0.25, 0.3) is 0 Å². The van der Waals surface area contributed by atoms with E-state index in [1.54, 1.807) is 7.05 Å². The van der Waals surface area contributed by atoms with Gasteiger partial charge in [-0.25, -0.2) is 5.43 Å². The molecule has 1 saturated heterocycles. The molecule has 13 heavy (non-hydrogen) atoms. The number of carbonyl (C=O) groups is 1.